The third-order valence-corrected chi connectivity index (χ3v) is 2.04. The van der Waals surface area contributed by atoms with E-state index in [1.807, 2.05) is 39.8 Å². The van der Waals surface area contributed by atoms with Gasteiger partial charge in [0.25, 0.3) is 0 Å². The summed E-state index contributed by atoms with van der Waals surface area (Å²) in [4.78, 5) is 1.97. The Kier molecular flexibility index (Phi) is 10.0. The minimum Gasteiger partial charge on any atom is -0.303 e. The molecule has 0 fully saturated rings. The van der Waals surface area contributed by atoms with Crippen molar-refractivity contribution in [1.82, 2.24) is 4.90 Å². The Morgan fingerprint density at radius 1 is 1.15 bits per heavy atom. The van der Waals surface area contributed by atoms with Gasteiger partial charge >= 0.3 is 0 Å². The van der Waals surface area contributed by atoms with Crippen LogP contribution in [0, 0.1) is 5.92 Å². The molecule has 0 aromatic carbocycles. The highest BCUT2D eigenvalue weighted by Gasteiger charge is 2.24. The summed E-state index contributed by atoms with van der Waals surface area (Å²) < 4.78 is 13.3. The molecule has 0 bridgehead atoms. The largest absolute Gasteiger partial charge is 0.303 e. The second-order valence-corrected chi connectivity index (χ2v) is 3.62. The normalized spacial score (nSPS) is 15.2. The van der Waals surface area contributed by atoms with Gasteiger partial charge in [-0.05, 0) is 26.4 Å². The van der Waals surface area contributed by atoms with E-state index in [1.54, 1.807) is 0 Å². The fourth-order valence-electron chi connectivity index (χ4n) is 1.58. The van der Waals surface area contributed by atoms with Crippen molar-refractivity contribution >= 4 is 0 Å². The minimum absolute atomic E-state index is 0.0694. The van der Waals surface area contributed by atoms with Crippen LogP contribution in [0.15, 0.2) is 0 Å². The highest BCUT2D eigenvalue weighted by Crippen LogP contribution is 2.16. The van der Waals surface area contributed by atoms with Crippen LogP contribution in [0.1, 0.15) is 41.0 Å². The maximum absolute atomic E-state index is 13.3. The van der Waals surface area contributed by atoms with Crippen molar-refractivity contribution in [3.63, 3.8) is 0 Å². The fraction of sp³-hybridized carbons (Fsp3) is 1.00. The minimum atomic E-state index is -0.690. The van der Waals surface area contributed by atoms with Gasteiger partial charge in [0.05, 0.1) is 0 Å². The summed E-state index contributed by atoms with van der Waals surface area (Å²) in [5, 5.41) is 0. The Labute approximate surface area is 83.3 Å². The molecule has 0 aliphatic rings. The number of alkyl halides is 1. The molecule has 0 radical (unpaired) electrons. The van der Waals surface area contributed by atoms with E-state index >= 15 is 0 Å². The summed E-state index contributed by atoms with van der Waals surface area (Å²) in [7, 11) is 3.87. The van der Waals surface area contributed by atoms with Gasteiger partial charge in [-0.25, -0.2) is 4.39 Å². The average Bonchev–Trinajstić information content (AvgIpc) is 2.06. The van der Waals surface area contributed by atoms with Crippen molar-refractivity contribution in [2.24, 2.45) is 5.92 Å². The van der Waals surface area contributed by atoms with Crippen LogP contribution in [-0.4, -0.2) is 31.2 Å². The molecule has 0 rings (SSSR count). The van der Waals surface area contributed by atoms with Gasteiger partial charge in [0.15, 0.2) is 0 Å². The molecule has 0 spiro atoms. The Morgan fingerprint density at radius 3 is 1.62 bits per heavy atom. The third-order valence-electron chi connectivity index (χ3n) is 2.04. The van der Waals surface area contributed by atoms with Crippen molar-refractivity contribution in [2.75, 3.05) is 14.1 Å². The van der Waals surface area contributed by atoms with Crippen LogP contribution in [0.3, 0.4) is 0 Å². The van der Waals surface area contributed by atoms with Crippen molar-refractivity contribution in [3.05, 3.63) is 0 Å². The Morgan fingerprint density at radius 2 is 1.54 bits per heavy atom. The third kappa shape index (κ3) is 6.03. The van der Waals surface area contributed by atoms with Gasteiger partial charge in [0.1, 0.15) is 6.17 Å². The van der Waals surface area contributed by atoms with Gasteiger partial charge in [-0.2, -0.15) is 0 Å². The Bertz CT molecular complexity index is 94.3. The van der Waals surface area contributed by atoms with Crippen LogP contribution in [0.5, 0.6) is 0 Å². The zero-order valence-electron chi connectivity index (χ0n) is 10.3. The van der Waals surface area contributed by atoms with Gasteiger partial charge < -0.3 is 4.90 Å². The number of halogens is 1. The first-order chi connectivity index (χ1) is 6.00. The molecule has 82 valence electrons. The van der Waals surface area contributed by atoms with E-state index in [0.29, 0.717) is 12.3 Å². The van der Waals surface area contributed by atoms with E-state index in [0.717, 1.165) is 0 Å². The first-order valence-corrected chi connectivity index (χ1v) is 5.31. The average molecular weight is 191 g/mol. The lowest BCUT2D eigenvalue weighted by Gasteiger charge is -2.30. The highest BCUT2D eigenvalue weighted by atomic mass is 19.1. The number of hydrogen-bond acceptors (Lipinski definition) is 1. The summed E-state index contributed by atoms with van der Waals surface area (Å²) in [6.45, 7) is 10.0. The molecule has 0 aliphatic heterocycles. The molecule has 2 atom stereocenters. The second-order valence-electron chi connectivity index (χ2n) is 3.62. The monoisotopic (exact) mass is 191 g/mol. The van der Waals surface area contributed by atoms with Gasteiger partial charge in [-0.15, -0.1) is 0 Å². The lowest BCUT2D eigenvalue weighted by Crippen LogP contribution is -2.40. The lowest BCUT2D eigenvalue weighted by molar-refractivity contribution is 0.116. The van der Waals surface area contributed by atoms with E-state index in [1.165, 1.54) is 0 Å². The summed E-state index contributed by atoms with van der Waals surface area (Å²) in [6, 6.07) is 0.0694. The van der Waals surface area contributed by atoms with Crippen molar-refractivity contribution in [1.29, 1.82) is 0 Å². The van der Waals surface area contributed by atoms with Crippen molar-refractivity contribution < 1.29 is 4.39 Å². The Hall–Kier alpha value is -0.110. The van der Waals surface area contributed by atoms with E-state index in [9.17, 15) is 4.39 Å². The lowest BCUT2D eigenvalue weighted by atomic mass is 9.97. The molecule has 0 amide bonds. The molecule has 1 nitrogen and oxygen atoms in total. The summed E-state index contributed by atoms with van der Waals surface area (Å²) in [5.41, 5.74) is 0. The zero-order chi connectivity index (χ0) is 11.0. The standard InChI is InChI=1S/C9H20FN.C2H6/c1-6-8(10)9(7(2)3)11(4)5;1-2/h7-9H,6H2,1-5H3;1-2H3. The van der Waals surface area contributed by atoms with E-state index in [-0.39, 0.29) is 6.04 Å². The highest BCUT2D eigenvalue weighted by molar-refractivity contribution is 4.77. The molecular formula is C11H26FN. The van der Waals surface area contributed by atoms with Gasteiger partial charge in [0.2, 0.25) is 0 Å². The first-order valence-electron chi connectivity index (χ1n) is 5.31. The SMILES string of the molecule is CC.CCC(F)C(C(C)C)N(C)C. The van der Waals surface area contributed by atoms with Crippen molar-refractivity contribution in [2.45, 2.75) is 53.3 Å². The maximum atomic E-state index is 13.3. The van der Waals surface area contributed by atoms with E-state index < -0.39 is 6.17 Å². The van der Waals surface area contributed by atoms with Crippen LogP contribution in [-0.2, 0) is 0 Å². The number of nitrogens with zero attached hydrogens (tertiary/aromatic N) is 1. The topological polar surface area (TPSA) is 3.24 Å². The fourth-order valence-corrected chi connectivity index (χ4v) is 1.58. The van der Waals surface area contributed by atoms with Crippen LogP contribution >= 0.6 is 0 Å². The molecule has 0 aromatic rings. The molecular weight excluding hydrogens is 165 g/mol. The zero-order valence-corrected chi connectivity index (χ0v) is 10.3. The molecule has 0 saturated heterocycles. The summed E-state index contributed by atoms with van der Waals surface area (Å²) in [5.74, 6) is 0.389. The molecule has 13 heavy (non-hydrogen) atoms. The predicted octanol–water partition coefficient (Wildman–Crippen LogP) is 3.35. The molecule has 2 unspecified atom stereocenters. The molecule has 0 heterocycles. The molecule has 0 aliphatic carbocycles. The van der Waals surface area contributed by atoms with E-state index in [4.69, 9.17) is 0 Å². The smallest absolute Gasteiger partial charge is 0.116 e. The maximum Gasteiger partial charge on any atom is 0.116 e. The quantitative estimate of drug-likeness (QED) is 0.658. The molecule has 0 aromatic heterocycles. The first kappa shape index (κ1) is 15.4. The van der Waals surface area contributed by atoms with Crippen LogP contribution < -0.4 is 0 Å². The summed E-state index contributed by atoms with van der Waals surface area (Å²) >= 11 is 0. The van der Waals surface area contributed by atoms with Crippen LogP contribution in [0.25, 0.3) is 0 Å². The molecule has 0 N–H and O–H groups in total. The van der Waals surface area contributed by atoms with Gasteiger partial charge in [-0.3, -0.25) is 0 Å². The molecule has 2 heteroatoms. The second kappa shape index (κ2) is 8.49. The summed E-state index contributed by atoms with van der Waals surface area (Å²) in [6.07, 6.45) is -0.0777. The van der Waals surface area contributed by atoms with Gasteiger partial charge in [-0.1, -0.05) is 34.6 Å². The molecule has 0 saturated carbocycles. The van der Waals surface area contributed by atoms with Crippen molar-refractivity contribution in [3.8, 4) is 0 Å². The number of hydrogen-bond donors (Lipinski definition) is 0. The predicted molar refractivity (Wildman–Crippen MR) is 58.8 cm³/mol. The van der Waals surface area contributed by atoms with Crippen LogP contribution in [0.2, 0.25) is 0 Å². The van der Waals surface area contributed by atoms with Gasteiger partial charge in [0, 0.05) is 6.04 Å². The van der Waals surface area contributed by atoms with E-state index in [2.05, 4.69) is 13.8 Å². The van der Waals surface area contributed by atoms with Crippen LogP contribution in [0.4, 0.5) is 4.39 Å². The Balaban J connectivity index is 0. The number of rotatable bonds is 4.